The molecule has 0 bridgehead atoms. The van der Waals surface area contributed by atoms with E-state index in [9.17, 15) is 4.79 Å². The molecule has 2 heterocycles. The normalized spacial score (nSPS) is 15.6. The van der Waals surface area contributed by atoms with Crippen LogP contribution >= 0.6 is 23.3 Å². The summed E-state index contributed by atoms with van der Waals surface area (Å²) in [6.07, 6.45) is 4.69. The summed E-state index contributed by atoms with van der Waals surface area (Å²) in [7, 11) is 8.14. The maximum Gasteiger partial charge on any atom is 0.305 e. The molecule has 28 heavy (non-hydrogen) atoms. The Kier molecular flexibility index (Phi) is 7.88. The van der Waals surface area contributed by atoms with Crippen LogP contribution in [0.1, 0.15) is 55.5 Å². The third-order valence-corrected chi connectivity index (χ3v) is 6.81. The van der Waals surface area contributed by atoms with E-state index in [1.165, 1.54) is 21.0 Å². The van der Waals surface area contributed by atoms with Gasteiger partial charge >= 0.3 is 5.97 Å². The van der Waals surface area contributed by atoms with Crippen molar-refractivity contribution in [2.45, 2.75) is 50.0 Å². The van der Waals surface area contributed by atoms with Gasteiger partial charge in [-0.1, -0.05) is 36.5 Å². The largest absolute Gasteiger partial charge is 0.466 e. The van der Waals surface area contributed by atoms with E-state index in [0.717, 1.165) is 37.7 Å². The lowest BCUT2D eigenvalue weighted by atomic mass is 9.93. The van der Waals surface area contributed by atoms with Crippen LogP contribution in [0.5, 0.6) is 0 Å². The predicted molar refractivity (Wildman–Crippen MR) is 120 cm³/mol. The van der Waals surface area contributed by atoms with Gasteiger partial charge in [-0.3, -0.25) is 4.79 Å². The molecule has 1 aromatic carbocycles. The number of rotatable bonds is 9. The van der Waals surface area contributed by atoms with Gasteiger partial charge in [-0.25, -0.2) is 0 Å². The Hall–Kier alpha value is -1.44. The first kappa shape index (κ1) is 21.3. The van der Waals surface area contributed by atoms with Gasteiger partial charge in [0.15, 0.2) is 0 Å². The van der Waals surface area contributed by atoms with E-state index in [0.29, 0.717) is 13.0 Å². The summed E-state index contributed by atoms with van der Waals surface area (Å²) < 4.78 is 7.20. The molecule has 1 aromatic heterocycles. The predicted octanol–water partition coefficient (Wildman–Crippen LogP) is 4.19. The molecule has 0 amide bonds. The van der Waals surface area contributed by atoms with E-state index in [1.807, 2.05) is 13.0 Å². The lowest BCUT2D eigenvalue weighted by Crippen LogP contribution is -2.23. The van der Waals surface area contributed by atoms with Crippen LogP contribution in [0.2, 0.25) is 0 Å². The van der Waals surface area contributed by atoms with E-state index in [1.54, 1.807) is 23.3 Å². The van der Waals surface area contributed by atoms with Gasteiger partial charge in [0.25, 0.3) is 0 Å². The monoisotopic (exact) mass is 414 g/mol. The fraction of sp³-hybridized carbons (Fsp3) is 0.476. The number of hydrogen-bond donors (Lipinski definition) is 1. The third-order valence-electron chi connectivity index (χ3n) is 4.82. The van der Waals surface area contributed by atoms with Gasteiger partial charge in [-0.2, -0.15) is 0 Å². The summed E-state index contributed by atoms with van der Waals surface area (Å²) in [5.41, 5.74) is 3.34. The van der Waals surface area contributed by atoms with Crippen LogP contribution < -0.4 is 15.1 Å². The lowest BCUT2D eigenvalue weighted by molar-refractivity contribution is -0.143. The highest BCUT2D eigenvalue weighted by Crippen LogP contribution is 2.45. The molecule has 1 unspecified atom stereocenters. The van der Waals surface area contributed by atoms with Crippen molar-refractivity contribution in [3.8, 4) is 0 Å². The zero-order valence-electron chi connectivity index (χ0n) is 16.6. The molecule has 0 aliphatic carbocycles. The van der Waals surface area contributed by atoms with Gasteiger partial charge in [-0.15, -0.1) is 11.3 Å². The number of nitrogens with one attached hydrogen (secondary N) is 1. The number of carbonyl (C=O) groups is 1. The van der Waals surface area contributed by atoms with E-state index < -0.39 is 0 Å². The van der Waals surface area contributed by atoms with Crippen molar-refractivity contribution in [3.63, 3.8) is 0 Å². The van der Waals surface area contributed by atoms with Crippen LogP contribution in [0.15, 0.2) is 34.5 Å². The quantitative estimate of drug-likeness (QED) is 0.288. The zero-order chi connectivity index (χ0) is 19.9. The van der Waals surface area contributed by atoms with Crippen molar-refractivity contribution in [2.75, 3.05) is 24.5 Å². The second kappa shape index (κ2) is 10.4. The first-order chi connectivity index (χ1) is 13.6. The SMILES string of the molecule is [B]c1ccc2c(c1)SN(C)c1ccsc1C2NCCCCCCC(=O)OCC. The van der Waals surface area contributed by atoms with Gasteiger partial charge in [0.1, 0.15) is 7.85 Å². The van der Waals surface area contributed by atoms with Gasteiger partial charge in [-0.05, 0) is 55.3 Å². The fourth-order valence-corrected chi connectivity index (χ4v) is 5.53. The molecule has 1 aliphatic heterocycles. The molecule has 148 valence electrons. The van der Waals surface area contributed by atoms with E-state index in [4.69, 9.17) is 12.6 Å². The smallest absolute Gasteiger partial charge is 0.305 e. The molecule has 0 fully saturated rings. The molecule has 0 saturated heterocycles. The second-order valence-corrected chi connectivity index (χ2v) is 9.03. The average Bonchev–Trinajstić information content (AvgIpc) is 3.11. The van der Waals surface area contributed by atoms with Gasteiger partial charge < -0.3 is 14.4 Å². The Labute approximate surface area is 177 Å². The van der Waals surface area contributed by atoms with Crippen molar-refractivity contribution in [2.24, 2.45) is 0 Å². The topological polar surface area (TPSA) is 41.6 Å². The summed E-state index contributed by atoms with van der Waals surface area (Å²) in [6, 6.07) is 8.57. The van der Waals surface area contributed by atoms with Crippen LogP contribution in [0.4, 0.5) is 5.69 Å². The highest BCUT2D eigenvalue weighted by molar-refractivity contribution is 8.00. The Morgan fingerprint density at radius 1 is 1.25 bits per heavy atom. The molecule has 2 radical (unpaired) electrons. The minimum Gasteiger partial charge on any atom is -0.466 e. The first-order valence-electron chi connectivity index (χ1n) is 9.87. The van der Waals surface area contributed by atoms with Crippen LogP contribution in [0.25, 0.3) is 0 Å². The first-order valence-corrected chi connectivity index (χ1v) is 11.5. The summed E-state index contributed by atoms with van der Waals surface area (Å²) in [5, 5.41) is 5.92. The minimum atomic E-state index is -0.0817. The third kappa shape index (κ3) is 5.34. The number of nitrogens with zero attached hydrogens (tertiary/aromatic N) is 1. The van der Waals surface area contributed by atoms with Crippen molar-refractivity contribution in [1.29, 1.82) is 0 Å². The number of esters is 1. The van der Waals surface area contributed by atoms with Gasteiger partial charge in [0.2, 0.25) is 0 Å². The Balaban J connectivity index is 1.57. The number of unbranched alkanes of at least 4 members (excludes halogenated alkanes) is 3. The van der Waals surface area contributed by atoms with E-state index in [-0.39, 0.29) is 12.0 Å². The maximum atomic E-state index is 11.4. The lowest BCUT2D eigenvalue weighted by Gasteiger charge is -2.19. The summed E-state index contributed by atoms with van der Waals surface area (Å²) in [6.45, 7) is 3.26. The minimum absolute atomic E-state index is 0.0817. The Morgan fingerprint density at radius 3 is 2.89 bits per heavy atom. The Morgan fingerprint density at radius 2 is 2.07 bits per heavy atom. The van der Waals surface area contributed by atoms with Crippen LogP contribution in [-0.4, -0.2) is 34.0 Å². The maximum absolute atomic E-state index is 11.4. The van der Waals surface area contributed by atoms with Crippen molar-refractivity contribution >= 4 is 48.3 Å². The molecule has 4 nitrogen and oxygen atoms in total. The molecule has 2 aromatic rings. The average molecular weight is 414 g/mol. The summed E-state index contributed by atoms with van der Waals surface area (Å²) in [5.74, 6) is -0.0817. The highest BCUT2D eigenvalue weighted by atomic mass is 32.2. The Bertz CT molecular complexity index is 796. The van der Waals surface area contributed by atoms with E-state index >= 15 is 0 Å². The molecule has 0 saturated carbocycles. The van der Waals surface area contributed by atoms with Crippen LogP contribution in [0.3, 0.4) is 0 Å². The second-order valence-electron chi connectivity index (χ2n) is 6.91. The standard InChI is InChI=1S/C21H27BN2O2S2/c1-3-26-19(25)8-6-4-5-7-12-23-20-16-10-9-15(22)14-18(16)28-24(2)17-11-13-27-21(17)20/h9-11,13-14,20,23H,3-8,12H2,1-2H3. The molecule has 0 spiro atoms. The number of anilines is 1. The summed E-state index contributed by atoms with van der Waals surface area (Å²) in [4.78, 5) is 13.9. The summed E-state index contributed by atoms with van der Waals surface area (Å²) >= 11 is 3.53. The van der Waals surface area contributed by atoms with E-state index in [2.05, 4.69) is 40.2 Å². The van der Waals surface area contributed by atoms with Gasteiger partial charge in [0.05, 0.1) is 23.2 Å². The van der Waals surface area contributed by atoms with Crippen molar-refractivity contribution in [3.05, 3.63) is 40.1 Å². The van der Waals surface area contributed by atoms with Crippen LogP contribution in [0, 0.1) is 0 Å². The van der Waals surface area contributed by atoms with Crippen molar-refractivity contribution in [1.82, 2.24) is 5.32 Å². The number of benzene rings is 1. The molecular formula is C21H27BN2O2S2. The molecular weight excluding hydrogens is 387 g/mol. The number of carbonyl (C=O) groups excluding carboxylic acids is 1. The molecule has 1 N–H and O–H groups in total. The number of ether oxygens (including phenoxy) is 1. The number of fused-ring (bicyclic) bond motifs is 2. The number of hydrogen-bond acceptors (Lipinski definition) is 6. The van der Waals surface area contributed by atoms with Crippen LogP contribution in [-0.2, 0) is 9.53 Å². The fourth-order valence-electron chi connectivity index (χ4n) is 3.43. The van der Waals surface area contributed by atoms with Crippen molar-refractivity contribution < 1.29 is 9.53 Å². The zero-order valence-corrected chi connectivity index (χ0v) is 18.2. The highest BCUT2D eigenvalue weighted by Gasteiger charge is 2.27. The molecule has 3 rings (SSSR count). The molecule has 7 heteroatoms. The van der Waals surface area contributed by atoms with Gasteiger partial charge in [0, 0.05) is 18.4 Å². The molecule has 1 aliphatic rings. The molecule has 1 atom stereocenters. The number of thiophene rings is 1.